The number of nitrogens with one attached hydrogen (secondary N) is 1. The van der Waals surface area contributed by atoms with Crippen molar-refractivity contribution in [1.82, 2.24) is 9.97 Å². The van der Waals surface area contributed by atoms with Crippen molar-refractivity contribution in [2.45, 2.75) is 24.7 Å². The Kier molecular flexibility index (Phi) is 4.86. The van der Waals surface area contributed by atoms with Gasteiger partial charge < -0.3 is 19.5 Å². The monoisotopic (exact) mass is 413 g/mol. The van der Waals surface area contributed by atoms with E-state index in [1.165, 1.54) is 0 Å². The number of benzene rings is 2. The molecule has 2 aliphatic heterocycles. The zero-order valence-corrected chi connectivity index (χ0v) is 16.2. The molecule has 2 aliphatic rings. The molecule has 6 nitrogen and oxygen atoms in total. The van der Waals surface area contributed by atoms with Crippen LogP contribution in [-0.4, -0.2) is 36.5 Å². The van der Waals surface area contributed by atoms with Crippen LogP contribution >= 0.6 is 0 Å². The lowest BCUT2D eigenvalue weighted by molar-refractivity contribution is 0.0543. The average molecular weight is 413 g/mol. The summed E-state index contributed by atoms with van der Waals surface area (Å²) in [6.45, 7) is 2.00. The van der Waals surface area contributed by atoms with Gasteiger partial charge in [0.1, 0.15) is 5.82 Å². The van der Waals surface area contributed by atoms with Crippen LogP contribution in [0.2, 0.25) is 0 Å². The molecule has 1 fully saturated rings. The lowest BCUT2D eigenvalue weighted by Gasteiger charge is -2.38. The van der Waals surface area contributed by atoms with Gasteiger partial charge in [0.25, 0.3) is 6.43 Å². The Morgan fingerprint density at radius 1 is 1.00 bits per heavy atom. The smallest absolute Gasteiger partial charge is 0.297 e. The normalized spacial score (nSPS) is 17.4. The lowest BCUT2D eigenvalue weighted by atomic mass is 9.74. The maximum atomic E-state index is 13.3. The highest BCUT2D eigenvalue weighted by molar-refractivity contribution is 5.89. The van der Waals surface area contributed by atoms with Gasteiger partial charge in [0.15, 0.2) is 17.3 Å². The Balaban J connectivity index is 1.50. The number of halogens is 2. The molecule has 1 saturated heterocycles. The third-order valence-corrected chi connectivity index (χ3v) is 5.84. The summed E-state index contributed by atoms with van der Waals surface area (Å²) in [5, 5.41) is 4.07. The number of anilines is 1. The van der Waals surface area contributed by atoms with Gasteiger partial charge in [-0.1, -0.05) is 18.2 Å². The molecule has 30 heavy (non-hydrogen) atoms. The minimum absolute atomic E-state index is 0.219. The van der Waals surface area contributed by atoms with Crippen molar-refractivity contribution in [3.63, 3.8) is 0 Å². The van der Waals surface area contributed by atoms with E-state index in [0.29, 0.717) is 31.1 Å². The molecule has 0 atom stereocenters. The van der Waals surface area contributed by atoms with Crippen molar-refractivity contribution >= 4 is 16.7 Å². The van der Waals surface area contributed by atoms with Gasteiger partial charge in [-0.05, 0) is 42.7 Å². The Hall–Kier alpha value is -3.00. The molecule has 1 aromatic heterocycles. The predicted molar refractivity (Wildman–Crippen MR) is 107 cm³/mol. The second kappa shape index (κ2) is 7.68. The van der Waals surface area contributed by atoms with Gasteiger partial charge in [0.2, 0.25) is 6.79 Å². The average Bonchev–Trinajstić information content (AvgIpc) is 3.26. The molecule has 0 bridgehead atoms. The molecular weight excluding hydrogens is 392 g/mol. The maximum absolute atomic E-state index is 13.3. The van der Waals surface area contributed by atoms with Crippen LogP contribution in [0.4, 0.5) is 14.6 Å². The third kappa shape index (κ3) is 3.41. The number of ether oxygens (including phenoxy) is 3. The Morgan fingerprint density at radius 2 is 1.80 bits per heavy atom. The molecule has 156 valence electrons. The summed E-state index contributed by atoms with van der Waals surface area (Å²) < 4.78 is 43.3. The van der Waals surface area contributed by atoms with Gasteiger partial charge in [-0.2, -0.15) is 0 Å². The molecule has 0 spiro atoms. The van der Waals surface area contributed by atoms with Crippen LogP contribution in [0.25, 0.3) is 10.9 Å². The second-order valence-corrected chi connectivity index (χ2v) is 7.56. The van der Waals surface area contributed by atoms with Crippen molar-refractivity contribution < 1.29 is 23.0 Å². The zero-order chi connectivity index (χ0) is 20.6. The van der Waals surface area contributed by atoms with E-state index < -0.39 is 12.2 Å². The number of hydrogen-bond donors (Lipinski definition) is 1. The summed E-state index contributed by atoms with van der Waals surface area (Å²) in [6, 6.07) is 13.2. The Bertz CT molecular complexity index is 1070. The number of aromatic nitrogens is 2. The zero-order valence-electron chi connectivity index (χ0n) is 16.2. The van der Waals surface area contributed by atoms with Crippen LogP contribution in [0.1, 0.15) is 30.7 Å². The molecule has 2 aromatic carbocycles. The largest absolute Gasteiger partial charge is 0.454 e. The first-order valence-corrected chi connectivity index (χ1v) is 9.91. The second-order valence-electron chi connectivity index (χ2n) is 7.56. The fraction of sp³-hybridized carbons (Fsp3) is 0.364. The fourth-order valence-corrected chi connectivity index (χ4v) is 4.14. The van der Waals surface area contributed by atoms with Crippen LogP contribution in [-0.2, 0) is 10.2 Å². The van der Waals surface area contributed by atoms with E-state index in [9.17, 15) is 8.78 Å². The molecule has 3 aromatic rings. The standard InChI is InChI=1S/C22H21F2N3O3/c23-19(24)21-26-16-4-2-1-3-15(16)20(27-21)25-12-22(7-9-28-10-8-22)14-5-6-17-18(11-14)30-13-29-17/h1-6,11,19H,7-10,12-13H2,(H,25,26,27). The highest BCUT2D eigenvalue weighted by Crippen LogP contribution is 2.41. The minimum atomic E-state index is -2.74. The number of alkyl halides is 2. The Labute approximate surface area is 172 Å². The molecule has 0 aliphatic carbocycles. The molecule has 0 saturated carbocycles. The van der Waals surface area contributed by atoms with E-state index in [1.807, 2.05) is 30.3 Å². The molecule has 8 heteroatoms. The predicted octanol–water partition coefficient (Wildman–Crippen LogP) is 4.46. The van der Waals surface area contributed by atoms with Gasteiger partial charge in [-0.15, -0.1) is 0 Å². The van der Waals surface area contributed by atoms with Gasteiger partial charge in [-0.3, -0.25) is 0 Å². The van der Waals surface area contributed by atoms with Crippen LogP contribution in [0, 0.1) is 0 Å². The van der Waals surface area contributed by atoms with E-state index in [0.717, 1.165) is 35.3 Å². The van der Waals surface area contributed by atoms with Crippen molar-refractivity contribution in [3.05, 3.63) is 53.9 Å². The maximum Gasteiger partial charge on any atom is 0.297 e. The molecule has 3 heterocycles. The fourth-order valence-electron chi connectivity index (χ4n) is 4.14. The highest BCUT2D eigenvalue weighted by atomic mass is 19.3. The molecule has 0 amide bonds. The first-order chi connectivity index (χ1) is 14.6. The van der Waals surface area contributed by atoms with E-state index >= 15 is 0 Å². The summed E-state index contributed by atoms with van der Waals surface area (Å²) in [6.07, 6.45) is -1.14. The van der Waals surface area contributed by atoms with Crippen molar-refractivity contribution in [1.29, 1.82) is 0 Å². The van der Waals surface area contributed by atoms with Gasteiger partial charge in [0.05, 0.1) is 5.52 Å². The Morgan fingerprint density at radius 3 is 2.63 bits per heavy atom. The van der Waals surface area contributed by atoms with Crippen LogP contribution in [0.15, 0.2) is 42.5 Å². The van der Waals surface area contributed by atoms with Crippen LogP contribution in [0.3, 0.4) is 0 Å². The van der Waals surface area contributed by atoms with E-state index in [-0.39, 0.29) is 12.2 Å². The van der Waals surface area contributed by atoms with Crippen molar-refractivity contribution in [2.24, 2.45) is 0 Å². The number of hydrogen-bond acceptors (Lipinski definition) is 6. The van der Waals surface area contributed by atoms with Gasteiger partial charge in [0, 0.05) is 30.6 Å². The first-order valence-electron chi connectivity index (χ1n) is 9.91. The summed E-state index contributed by atoms with van der Waals surface area (Å²) in [4.78, 5) is 8.11. The number of nitrogens with zero attached hydrogens (tertiary/aromatic N) is 2. The number of rotatable bonds is 5. The number of fused-ring (bicyclic) bond motifs is 2. The quantitative estimate of drug-likeness (QED) is 0.667. The molecule has 0 unspecified atom stereocenters. The summed E-state index contributed by atoms with van der Waals surface area (Å²) >= 11 is 0. The van der Waals surface area contributed by atoms with Crippen molar-refractivity contribution in [3.8, 4) is 11.5 Å². The van der Waals surface area contributed by atoms with Gasteiger partial charge in [-0.25, -0.2) is 18.7 Å². The SMILES string of the molecule is FC(F)c1nc(NCC2(c3ccc4c(c3)OCO4)CCOCC2)c2ccccc2n1. The van der Waals surface area contributed by atoms with Crippen LogP contribution in [0.5, 0.6) is 11.5 Å². The van der Waals surface area contributed by atoms with Gasteiger partial charge >= 0.3 is 0 Å². The molecule has 1 N–H and O–H groups in total. The van der Waals surface area contributed by atoms with Crippen LogP contribution < -0.4 is 14.8 Å². The third-order valence-electron chi connectivity index (χ3n) is 5.84. The molecular formula is C22H21F2N3O3. The minimum Gasteiger partial charge on any atom is -0.454 e. The van der Waals surface area contributed by atoms with E-state index in [1.54, 1.807) is 12.1 Å². The van der Waals surface area contributed by atoms with Crippen molar-refractivity contribution in [2.75, 3.05) is 31.9 Å². The molecule has 0 radical (unpaired) electrons. The lowest BCUT2D eigenvalue weighted by Crippen LogP contribution is -2.40. The van der Waals surface area contributed by atoms with E-state index in [2.05, 4.69) is 15.3 Å². The summed E-state index contributed by atoms with van der Waals surface area (Å²) in [5.41, 5.74) is 1.36. The summed E-state index contributed by atoms with van der Waals surface area (Å²) in [7, 11) is 0. The highest BCUT2D eigenvalue weighted by Gasteiger charge is 2.36. The number of para-hydroxylation sites is 1. The first kappa shape index (κ1) is 19.0. The topological polar surface area (TPSA) is 65.5 Å². The van der Waals surface area contributed by atoms with E-state index in [4.69, 9.17) is 14.2 Å². The summed E-state index contributed by atoms with van der Waals surface area (Å²) in [5.74, 6) is 1.41. The molecule has 5 rings (SSSR count).